The standard InChI is InChI=1S/C13H14BrN3OS/c1-3-11(18)8(2)19-13-15-12(16-17-13)9-6-4-5-7-10(9)14/h4-8H,3H2,1-2H3,(H,15,16,17)/t8-/m1/s1. The summed E-state index contributed by atoms with van der Waals surface area (Å²) in [6.07, 6.45) is 0.537. The minimum Gasteiger partial charge on any atom is -0.298 e. The van der Waals surface area contributed by atoms with E-state index in [4.69, 9.17) is 0 Å². The number of hydrogen-bond acceptors (Lipinski definition) is 4. The third kappa shape index (κ3) is 3.45. The van der Waals surface area contributed by atoms with Crippen molar-refractivity contribution < 1.29 is 4.79 Å². The van der Waals surface area contributed by atoms with Crippen molar-refractivity contribution in [1.82, 2.24) is 15.2 Å². The van der Waals surface area contributed by atoms with Gasteiger partial charge in [-0.2, -0.15) is 0 Å². The molecule has 0 radical (unpaired) electrons. The number of benzene rings is 1. The molecule has 0 aliphatic carbocycles. The topological polar surface area (TPSA) is 58.6 Å². The smallest absolute Gasteiger partial charge is 0.209 e. The Balaban J connectivity index is 2.16. The molecule has 0 fully saturated rings. The van der Waals surface area contributed by atoms with Gasteiger partial charge in [-0.3, -0.25) is 9.89 Å². The third-order valence-corrected chi connectivity index (χ3v) is 4.38. The second-order valence-electron chi connectivity index (χ2n) is 4.03. The largest absolute Gasteiger partial charge is 0.298 e. The maximum absolute atomic E-state index is 11.6. The van der Waals surface area contributed by atoms with Crippen molar-refractivity contribution in [3.05, 3.63) is 28.7 Å². The minimum absolute atomic E-state index is 0.118. The Labute approximate surface area is 124 Å². The summed E-state index contributed by atoms with van der Waals surface area (Å²) in [4.78, 5) is 16.0. The molecule has 0 aliphatic rings. The lowest BCUT2D eigenvalue weighted by Gasteiger charge is -2.04. The van der Waals surface area contributed by atoms with Crippen LogP contribution in [0.25, 0.3) is 11.4 Å². The van der Waals surface area contributed by atoms with Crippen molar-refractivity contribution >= 4 is 33.5 Å². The molecule has 19 heavy (non-hydrogen) atoms. The van der Waals surface area contributed by atoms with E-state index >= 15 is 0 Å². The number of thioether (sulfide) groups is 1. The Kier molecular flexibility index (Phi) is 4.76. The molecule has 0 spiro atoms. The van der Waals surface area contributed by atoms with Crippen LogP contribution < -0.4 is 0 Å². The first kappa shape index (κ1) is 14.3. The molecule has 2 aromatic rings. The molecule has 4 nitrogen and oxygen atoms in total. The normalized spacial score (nSPS) is 12.4. The molecule has 1 aromatic carbocycles. The van der Waals surface area contributed by atoms with Crippen LogP contribution in [0.15, 0.2) is 33.9 Å². The van der Waals surface area contributed by atoms with Gasteiger partial charge in [0.1, 0.15) is 5.78 Å². The van der Waals surface area contributed by atoms with E-state index in [2.05, 4.69) is 31.1 Å². The van der Waals surface area contributed by atoms with E-state index < -0.39 is 0 Å². The lowest BCUT2D eigenvalue weighted by molar-refractivity contribution is -0.118. The molecule has 1 atom stereocenters. The van der Waals surface area contributed by atoms with E-state index in [-0.39, 0.29) is 11.0 Å². The van der Waals surface area contributed by atoms with E-state index in [1.807, 2.05) is 38.1 Å². The summed E-state index contributed by atoms with van der Waals surface area (Å²) in [5, 5.41) is 7.53. The number of carbonyl (C=O) groups is 1. The lowest BCUT2D eigenvalue weighted by atomic mass is 10.2. The molecule has 6 heteroatoms. The first-order valence-electron chi connectivity index (χ1n) is 5.98. The zero-order chi connectivity index (χ0) is 13.8. The van der Waals surface area contributed by atoms with Gasteiger partial charge in [-0.1, -0.05) is 52.8 Å². The van der Waals surface area contributed by atoms with Crippen LogP contribution in [-0.2, 0) is 4.79 Å². The highest BCUT2D eigenvalue weighted by molar-refractivity contribution is 9.10. The summed E-state index contributed by atoms with van der Waals surface area (Å²) in [6.45, 7) is 3.74. The lowest BCUT2D eigenvalue weighted by Crippen LogP contribution is -2.11. The van der Waals surface area contributed by atoms with Gasteiger partial charge in [-0.15, -0.1) is 5.10 Å². The molecule has 1 N–H and O–H groups in total. The minimum atomic E-state index is -0.118. The third-order valence-electron chi connectivity index (χ3n) is 2.68. The number of carbonyl (C=O) groups excluding carboxylic acids is 1. The van der Waals surface area contributed by atoms with Crippen molar-refractivity contribution in [3.63, 3.8) is 0 Å². The molecule has 1 aromatic heterocycles. The zero-order valence-corrected chi connectivity index (χ0v) is 13.1. The van der Waals surface area contributed by atoms with Crippen molar-refractivity contribution in [3.8, 4) is 11.4 Å². The van der Waals surface area contributed by atoms with Crippen LogP contribution in [0.1, 0.15) is 20.3 Å². The molecule has 0 saturated carbocycles. The molecular weight excluding hydrogens is 326 g/mol. The average Bonchev–Trinajstić information content (AvgIpc) is 2.86. The Hall–Kier alpha value is -1.14. The van der Waals surface area contributed by atoms with Crippen molar-refractivity contribution in [2.45, 2.75) is 30.7 Å². The quantitative estimate of drug-likeness (QED) is 0.844. The zero-order valence-electron chi connectivity index (χ0n) is 10.7. The van der Waals surface area contributed by atoms with Crippen molar-refractivity contribution in [1.29, 1.82) is 0 Å². The van der Waals surface area contributed by atoms with Crippen LogP contribution in [0.5, 0.6) is 0 Å². The number of ketones is 1. The monoisotopic (exact) mass is 339 g/mol. The fourth-order valence-electron chi connectivity index (χ4n) is 1.58. The van der Waals surface area contributed by atoms with Gasteiger partial charge in [0.15, 0.2) is 5.82 Å². The second-order valence-corrected chi connectivity index (χ2v) is 6.19. The molecule has 1 heterocycles. The highest BCUT2D eigenvalue weighted by Crippen LogP contribution is 2.27. The number of Topliss-reactive ketones (excluding diaryl/α,β-unsaturated/α-hetero) is 1. The second kappa shape index (κ2) is 6.34. The number of nitrogens with one attached hydrogen (secondary N) is 1. The molecule has 0 aliphatic heterocycles. The Morgan fingerprint density at radius 1 is 1.47 bits per heavy atom. The SMILES string of the molecule is CCC(=O)[C@@H](C)Sc1n[nH]c(-c2ccccc2Br)n1. The van der Waals surface area contributed by atoms with Crippen LogP contribution >= 0.6 is 27.7 Å². The van der Waals surface area contributed by atoms with Gasteiger partial charge in [-0.25, -0.2) is 4.98 Å². The summed E-state index contributed by atoms with van der Waals surface area (Å²) in [5.74, 6) is 0.906. The number of halogens is 1. The molecule has 0 amide bonds. The van der Waals surface area contributed by atoms with Crippen molar-refractivity contribution in [2.75, 3.05) is 0 Å². The van der Waals surface area contributed by atoms with Crippen LogP contribution in [0.4, 0.5) is 0 Å². The van der Waals surface area contributed by atoms with Gasteiger partial charge in [0.2, 0.25) is 5.16 Å². The van der Waals surface area contributed by atoms with E-state index in [0.29, 0.717) is 17.4 Å². The number of aromatic amines is 1. The van der Waals surface area contributed by atoms with Crippen molar-refractivity contribution in [2.24, 2.45) is 0 Å². The maximum atomic E-state index is 11.6. The number of hydrogen-bond donors (Lipinski definition) is 1. The predicted octanol–water partition coefficient (Wildman–Crippen LogP) is 3.69. The van der Waals surface area contributed by atoms with Gasteiger partial charge >= 0.3 is 0 Å². The first-order valence-corrected chi connectivity index (χ1v) is 7.65. The van der Waals surface area contributed by atoms with E-state index in [0.717, 1.165) is 10.0 Å². The molecule has 0 bridgehead atoms. The van der Waals surface area contributed by atoms with Crippen LogP contribution in [-0.4, -0.2) is 26.2 Å². The highest BCUT2D eigenvalue weighted by atomic mass is 79.9. The summed E-state index contributed by atoms with van der Waals surface area (Å²) >= 11 is 4.86. The van der Waals surface area contributed by atoms with E-state index in [1.54, 1.807) is 0 Å². The molecule has 100 valence electrons. The molecule has 2 rings (SSSR count). The maximum Gasteiger partial charge on any atom is 0.209 e. The summed E-state index contributed by atoms with van der Waals surface area (Å²) in [7, 11) is 0. The fourth-order valence-corrected chi connectivity index (χ4v) is 2.91. The van der Waals surface area contributed by atoms with Gasteiger partial charge in [0, 0.05) is 16.5 Å². The molecule has 0 saturated heterocycles. The van der Waals surface area contributed by atoms with Gasteiger partial charge in [0.25, 0.3) is 0 Å². The fraction of sp³-hybridized carbons (Fsp3) is 0.308. The number of nitrogens with zero attached hydrogens (tertiary/aromatic N) is 2. The summed E-state index contributed by atoms with van der Waals surface area (Å²) in [5.41, 5.74) is 0.955. The summed E-state index contributed by atoms with van der Waals surface area (Å²) in [6, 6.07) is 7.80. The van der Waals surface area contributed by atoms with Gasteiger partial charge in [0.05, 0.1) is 5.25 Å². The number of H-pyrrole nitrogens is 1. The molecular formula is C13H14BrN3OS. The van der Waals surface area contributed by atoms with Crippen LogP contribution in [0.3, 0.4) is 0 Å². The summed E-state index contributed by atoms with van der Waals surface area (Å²) < 4.78 is 0.959. The van der Waals surface area contributed by atoms with Gasteiger partial charge in [-0.05, 0) is 13.0 Å². The van der Waals surface area contributed by atoms with Crippen LogP contribution in [0.2, 0.25) is 0 Å². The van der Waals surface area contributed by atoms with E-state index in [9.17, 15) is 4.79 Å². The number of rotatable bonds is 5. The molecule has 0 unspecified atom stereocenters. The van der Waals surface area contributed by atoms with E-state index in [1.165, 1.54) is 11.8 Å². The van der Waals surface area contributed by atoms with Crippen LogP contribution in [0, 0.1) is 0 Å². The Morgan fingerprint density at radius 3 is 2.89 bits per heavy atom. The Morgan fingerprint density at radius 2 is 2.21 bits per heavy atom. The highest BCUT2D eigenvalue weighted by Gasteiger charge is 2.16. The average molecular weight is 340 g/mol. The Bertz CT molecular complexity index is 585. The number of aromatic nitrogens is 3. The first-order chi connectivity index (χ1) is 9.11. The predicted molar refractivity (Wildman–Crippen MR) is 80.1 cm³/mol. The van der Waals surface area contributed by atoms with Gasteiger partial charge < -0.3 is 0 Å².